The molecular formula is C23H24N6O2. The van der Waals surface area contributed by atoms with Gasteiger partial charge in [-0.15, -0.1) is 0 Å². The van der Waals surface area contributed by atoms with Gasteiger partial charge >= 0.3 is 0 Å². The van der Waals surface area contributed by atoms with Gasteiger partial charge in [0.2, 0.25) is 0 Å². The number of nitrogens with zero attached hydrogens (tertiary/aromatic N) is 2. The molecule has 0 saturated carbocycles. The smallest absolute Gasteiger partial charge is 0.269 e. The van der Waals surface area contributed by atoms with Crippen LogP contribution in [0.3, 0.4) is 0 Å². The number of fused-ring (bicyclic) bond motifs is 1. The molecule has 4 rings (SSSR count). The summed E-state index contributed by atoms with van der Waals surface area (Å²) in [4.78, 5) is 24.7. The standard InChI is InChI=1S/C23H24N6O2/c24-17(13-20-16-9-4-5-10-18(16)26-28-20)22(30)11-6-12-25-23(31)21-14-19(27-29-21)15-7-2-1-3-8-15/h1-5,7-10,14,17H,6,11-13,24H2,(H,25,31)(H,26,28)(H,27,29)/t17-/m0/s1. The molecule has 0 saturated heterocycles. The fraction of sp³-hybridized carbons (Fsp3) is 0.217. The maximum Gasteiger partial charge on any atom is 0.269 e. The van der Waals surface area contributed by atoms with Crippen LogP contribution in [-0.2, 0) is 11.2 Å². The van der Waals surface area contributed by atoms with E-state index in [-0.39, 0.29) is 11.7 Å². The van der Waals surface area contributed by atoms with Crippen molar-refractivity contribution < 1.29 is 9.59 Å². The van der Waals surface area contributed by atoms with E-state index in [1.165, 1.54) is 0 Å². The van der Waals surface area contributed by atoms with Crippen molar-refractivity contribution in [1.82, 2.24) is 25.7 Å². The Labute approximate surface area is 179 Å². The lowest BCUT2D eigenvalue weighted by Gasteiger charge is -2.10. The fourth-order valence-electron chi connectivity index (χ4n) is 3.44. The molecule has 0 aliphatic heterocycles. The molecule has 2 aromatic carbocycles. The normalized spacial score (nSPS) is 12.0. The van der Waals surface area contributed by atoms with Gasteiger partial charge < -0.3 is 11.1 Å². The Bertz CT molecular complexity index is 1180. The highest BCUT2D eigenvalue weighted by Gasteiger charge is 2.17. The average molecular weight is 416 g/mol. The minimum absolute atomic E-state index is 0.0409. The Kier molecular flexibility index (Phi) is 6.18. The van der Waals surface area contributed by atoms with Crippen molar-refractivity contribution in [3.8, 4) is 11.3 Å². The third kappa shape index (κ3) is 4.87. The topological polar surface area (TPSA) is 130 Å². The number of Topliss-reactive ketones (excluding diaryl/α,β-unsaturated/α-hetero) is 1. The largest absolute Gasteiger partial charge is 0.351 e. The molecule has 1 amide bonds. The summed E-state index contributed by atoms with van der Waals surface area (Å²) in [6, 6.07) is 18.4. The van der Waals surface area contributed by atoms with Gasteiger partial charge in [-0.25, -0.2) is 0 Å². The molecular weight excluding hydrogens is 392 g/mol. The maximum absolute atomic E-state index is 12.4. The lowest BCUT2D eigenvalue weighted by atomic mass is 10.0. The molecule has 31 heavy (non-hydrogen) atoms. The van der Waals surface area contributed by atoms with Crippen LogP contribution in [0.4, 0.5) is 0 Å². The highest BCUT2D eigenvalue weighted by atomic mass is 16.2. The van der Waals surface area contributed by atoms with Crippen LogP contribution >= 0.6 is 0 Å². The van der Waals surface area contributed by atoms with Crippen LogP contribution in [0, 0.1) is 0 Å². The first kappa shape index (κ1) is 20.5. The second-order valence-corrected chi connectivity index (χ2v) is 7.39. The van der Waals surface area contributed by atoms with Gasteiger partial charge in [0.25, 0.3) is 5.91 Å². The molecule has 0 aliphatic carbocycles. The van der Waals surface area contributed by atoms with Gasteiger partial charge in [-0.05, 0) is 18.6 Å². The number of carbonyl (C=O) groups excluding carboxylic acids is 2. The second-order valence-electron chi connectivity index (χ2n) is 7.39. The second kappa shape index (κ2) is 9.36. The van der Waals surface area contributed by atoms with Crippen LogP contribution in [-0.4, -0.2) is 44.7 Å². The summed E-state index contributed by atoms with van der Waals surface area (Å²) in [5.41, 5.74) is 9.83. The summed E-state index contributed by atoms with van der Waals surface area (Å²) in [6.07, 6.45) is 1.22. The Morgan fingerprint density at radius 2 is 1.77 bits per heavy atom. The van der Waals surface area contributed by atoms with E-state index in [1.54, 1.807) is 6.07 Å². The number of ketones is 1. The van der Waals surface area contributed by atoms with E-state index < -0.39 is 6.04 Å². The van der Waals surface area contributed by atoms with Crippen LogP contribution in [0.25, 0.3) is 22.2 Å². The van der Waals surface area contributed by atoms with Gasteiger partial charge in [0, 0.05) is 36.0 Å². The zero-order valence-electron chi connectivity index (χ0n) is 17.0. The van der Waals surface area contributed by atoms with Gasteiger partial charge in [-0.3, -0.25) is 19.8 Å². The van der Waals surface area contributed by atoms with Crippen molar-refractivity contribution in [3.63, 3.8) is 0 Å². The number of benzene rings is 2. The first-order chi connectivity index (χ1) is 15.1. The monoisotopic (exact) mass is 416 g/mol. The van der Waals surface area contributed by atoms with Gasteiger partial charge in [0.05, 0.1) is 17.3 Å². The van der Waals surface area contributed by atoms with E-state index >= 15 is 0 Å². The highest BCUT2D eigenvalue weighted by Crippen LogP contribution is 2.17. The number of para-hydroxylation sites is 1. The van der Waals surface area contributed by atoms with Gasteiger partial charge in [0.1, 0.15) is 11.5 Å². The Balaban J connectivity index is 1.22. The number of aromatic nitrogens is 4. The van der Waals surface area contributed by atoms with E-state index in [9.17, 15) is 9.59 Å². The number of hydrogen-bond acceptors (Lipinski definition) is 5. The summed E-state index contributed by atoms with van der Waals surface area (Å²) in [6.45, 7) is 0.379. The molecule has 5 N–H and O–H groups in total. The molecule has 0 unspecified atom stereocenters. The summed E-state index contributed by atoms with van der Waals surface area (Å²) in [7, 11) is 0. The Morgan fingerprint density at radius 3 is 2.61 bits per heavy atom. The van der Waals surface area contributed by atoms with Gasteiger partial charge in [-0.2, -0.15) is 10.2 Å². The Morgan fingerprint density at radius 1 is 1.00 bits per heavy atom. The summed E-state index contributed by atoms with van der Waals surface area (Å²) in [5, 5.41) is 17.9. The number of carbonyl (C=O) groups is 2. The molecule has 4 aromatic rings. The van der Waals surface area contributed by atoms with Crippen molar-refractivity contribution in [2.75, 3.05) is 6.54 Å². The van der Waals surface area contributed by atoms with E-state index in [0.29, 0.717) is 37.2 Å². The quantitative estimate of drug-likeness (QED) is 0.312. The average Bonchev–Trinajstić information content (AvgIpc) is 3.45. The maximum atomic E-state index is 12.4. The van der Waals surface area contributed by atoms with E-state index in [2.05, 4.69) is 25.7 Å². The minimum atomic E-state index is -0.611. The molecule has 0 spiro atoms. The van der Waals surface area contributed by atoms with Crippen molar-refractivity contribution in [3.05, 3.63) is 72.1 Å². The van der Waals surface area contributed by atoms with Crippen LogP contribution in [0.15, 0.2) is 60.7 Å². The van der Waals surface area contributed by atoms with Crippen LogP contribution in [0.1, 0.15) is 29.0 Å². The first-order valence-corrected chi connectivity index (χ1v) is 10.2. The van der Waals surface area contributed by atoms with E-state index in [0.717, 1.165) is 22.2 Å². The molecule has 2 heterocycles. The van der Waals surface area contributed by atoms with Gasteiger partial charge in [-0.1, -0.05) is 48.5 Å². The molecule has 0 aliphatic rings. The summed E-state index contributed by atoms with van der Waals surface area (Å²) < 4.78 is 0. The van der Waals surface area contributed by atoms with Crippen LogP contribution in [0.2, 0.25) is 0 Å². The van der Waals surface area contributed by atoms with Gasteiger partial charge in [0.15, 0.2) is 0 Å². The molecule has 0 bridgehead atoms. The van der Waals surface area contributed by atoms with Crippen LogP contribution in [0.5, 0.6) is 0 Å². The number of H-pyrrole nitrogens is 2. The Hall–Kier alpha value is -3.78. The number of hydrogen-bond donors (Lipinski definition) is 4. The summed E-state index contributed by atoms with van der Waals surface area (Å²) >= 11 is 0. The van der Waals surface area contributed by atoms with E-state index in [4.69, 9.17) is 5.73 Å². The van der Waals surface area contributed by atoms with E-state index in [1.807, 2.05) is 54.6 Å². The first-order valence-electron chi connectivity index (χ1n) is 10.2. The SMILES string of the molecule is N[C@@H](Cc1[nH]nc2ccccc12)C(=O)CCCNC(=O)c1cc(-c2ccccc2)n[nH]1. The molecule has 158 valence electrons. The zero-order valence-corrected chi connectivity index (χ0v) is 17.0. The predicted octanol–water partition coefficient (Wildman–Crippen LogP) is 2.60. The van der Waals surface area contributed by atoms with Crippen molar-refractivity contribution in [2.45, 2.75) is 25.3 Å². The minimum Gasteiger partial charge on any atom is -0.351 e. The van der Waals surface area contributed by atoms with Crippen molar-refractivity contribution in [2.24, 2.45) is 5.73 Å². The summed E-state index contributed by atoms with van der Waals surface area (Å²) in [5.74, 6) is -0.295. The third-order valence-corrected chi connectivity index (χ3v) is 5.16. The number of amides is 1. The predicted molar refractivity (Wildman–Crippen MR) is 118 cm³/mol. The molecule has 8 nitrogen and oxygen atoms in total. The molecule has 0 radical (unpaired) electrons. The van der Waals surface area contributed by atoms with Crippen molar-refractivity contribution in [1.29, 1.82) is 0 Å². The van der Waals surface area contributed by atoms with Crippen molar-refractivity contribution >= 4 is 22.6 Å². The number of nitrogens with one attached hydrogen (secondary N) is 3. The molecule has 8 heteroatoms. The fourth-order valence-corrected chi connectivity index (χ4v) is 3.44. The third-order valence-electron chi connectivity index (χ3n) is 5.16. The number of nitrogens with two attached hydrogens (primary N) is 1. The highest BCUT2D eigenvalue weighted by molar-refractivity contribution is 5.93. The molecule has 0 fully saturated rings. The lowest BCUT2D eigenvalue weighted by Crippen LogP contribution is -2.33. The zero-order chi connectivity index (χ0) is 21.6. The molecule has 1 atom stereocenters. The number of aromatic amines is 2. The lowest BCUT2D eigenvalue weighted by molar-refractivity contribution is -0.120. The molecule has 2 aromatic heterocycles. The van der Waals surface area contributed by atoms with Crippen LogP contribution < -0.4 is 11.1 Å². The number of rotatable bonds is 9.